The molecule has 1 aromatic rings. The topological polar surface area (TPSA) is 47.6 Å². The Balaban J connectivity index is 2.04. The van der Waals surface area contributed by atoms with Gasteiger partial charge in [-0.1, -0.05) is 12.1 Å². The fraction of sp³-hybridized carbons (Fsp3) is 0.357. The van der Waals surface area contributed by atoms with Gasteiger partial charge in [0.15, 0.2) is 0 Å². The van der Waals surface area contributed by atoms with E-state index >= 15 is 0 Å². The average molecular weight is 247 g/mol. The lowest BCUT2D eigenvalue weighted by molar-refractivity contribution is 0.0900. The van der Waals surface area contributed by atoms with Gasteiger partial charge in [-0.2, -0.15) is 0 Å². The van der Waals surface area contributed by atoms with Gasteiger partial charge in [-0.3, -0.25) is 4.79 Å². The van der Waals surface area contributed by atoms with Gasteiger partial charge in [-0.15, -0.1) is 6.58 Å². The largest absolute Gasteiger partial charge is 0.497 e. The van der Waals surface area contributed by atoms with Gasteiger partial charge in [-0.25, -0.2) is 0 Å². The lowest BCUT2D eigenvalue weighted by atomic mass is 10.1. The predicted molar refractivity (Wildman–Crippen MR) is 68.8 cm³/mol. The van der Waals surface area contributed by atoms with E-state index in [1.807, 2.05) is 6.07 Å². The summed E-state index contributed by atoms with van der Waals surface area (Å²) in [5.74, 6) is 0.557. The maximum absolute atomic E-state index is 12.1. The van der Waals surface area contributed by atoms with Crippen LogP contribution in [-0.2, 0) is 4.74 Å². The summed E-state index contributed by atoms with van der Waals surface area (Å²) in [6, 6.07) is 7.08. The summed E-state index contributed by atoms with van der Waals surface area (Å²) in [6.07, 6.45) is 2.44. The highest BCUT2D eigenvalue weighted by atomic mass is 16.5. The van der Waals surface area contributed by atoms with Crippen molar-refractivity contribution < 1.29 is 14.3 Å². The Morgan fingerprint density at radius 2 is 2.44 bits per heavy atom. The molecule has 1 fully saturated rings. The second-order valence-corrected chi connectivity index (χ2v) is 4.17. The fourth-order valence-electron chi connectivity index (χ4n) is 2.01. The van der Waals surface area contributed by atoms with Gasteiger partial charge < -0.3 is 14.8 Å². The number of carbonyl (C=O) groups is 1. The van der Waals surface area contributed by atoms with E-state index in [1.165, 1.54) is 0 Å². The third-order valence-corrected chi connectivity index (χ3v) is 3.02. The van der Waals surface area contributed by atoms with Gasteiger partial charge in [-0.05, 0) is 24.6 Å². The first-order chi connectivity index (χ1) is 8.74. The van der Waals surface area contributed by atoms with Gasteiger partial charge in [0.25, 0.3) is 5.91 Å². The van der Waals surface area contributed by atoms with E-state index in [1.54, 1.807) is 31.4 Å². The summed E-state index contributed by atoms with van der Waals surface area (Å²) in [5, 5.41) is 2.96. The molecule has 0 bridgehead atoms. The van der Waals surface area contributed by atoms with E-state index in [-0.39, 0.29) is 18.1 Å². The molecule has 1 aliphatic heterocycles. The van der Waals surface area contributed by atoms with Crippen LogP contribution >= 0.6 is 0 Å². The zero-order valence-electron chi connectivity index (χ0n) is 10.4. The maximum atomic E-state index is 12.1. The van der Waals surface area contributed by atoms with Crippen LogP contribution in [0.5, 0.6) is 5.75 Å². The molecule has 4 nitrogen and oxygen atoms in total. The van der Waals surface area contributed by atoms with E-state index in [2.05, 4.69) is 11.9 Å². The van der Waals surface area contributed by atoms with Crippen molar-refractivity contribution in [3.8, 4) is 5.75 Å². The van der Waals surface area contributed by atoms with E-state index in [4.69, 9.17) is 9.47 Å². The van der Waals surface area contributed by atoms with Gasteiger partial charge >= 0.3 is 0 Å². The van der Waals surface area contributed by atoms with E-state index in [0.717, 1.165) is 6.42 Å². The molecule has 0 saturated carbocycles. The van der Waals surface area contributed by atoms with Crippen LogP contribution in [0.15, 0.2) is 36.9 Å². The Bertz CT molecular complexity index is 444. The molecule has 18 heavy (non-hydrogen) atoms. The molecule has 0 unspecified atom stereocenters. The van der Waals surface area contributed by atoms with Crippen molar-refractivity contribution in [2.75, 3.05) is 13.7 Å². The summed E-state index contributed by atoms with van der Waals surface area (Å²) in [7, 11) is 1.58. The SMILES string of the molecule is C=C[C@H]1OCC[C@@H]1NC(=O)c1cccc(OC)c1. The van der Waals surface area contributed by atoms with Crippen molar-refractivity contribution in [3.63, 3.8) is 0 Å². The molecule has 1 aromatic carbocycles. The number of ether oxygens (including phenoxy) is 2. The standard InChI is InChI=1S/C14H17NO3/c1-3-13-12(7-8-18-13)15-14(16)10-5-4-6-11(9-10)17-2/h3-6,9,12-13H,1,7-8H2,2H3,(H,15,16)/t12-,13+/m0/s1. The molecule has 1 aliphatic rings. The summed E-state index contributed by atoms with van der Waals surface area (Å²) < 4.78 is 10.5. The van der Waals surface area contributed by atoms with Crippen molar-refractivity contribution in [2.45, 2.75) is 18.6 Å². The summed E-state index contributed by atoms with van der Waals surface area (Å²) in [6.45, 7) is 4.36. The second-order valence-electron chi connectivity index (χ2n) is 4.17. The van der Waals surface area contributed by atoms with Crippen molar-refractivity contribution in [1.29, 1.82) is 0 Å². The Morgan fingerprint density at radius 3 is 3.17 bits per heavy atom. The minimum Gasteiger partial charge on any atom is -0.497 e. The van der Waals surface area contributed by atoms with Gasteiger partial charge in [0.2, 0.25) is 0 Å². The number of hydrogen-bond donors (Lipinski definition) is 1. The molecular formula is C14H17NO3. The third kappa shape index (κ3) is 2.71. The lowest BCUT2D eigenvalue weighted by Gasteiger charge is -2.16. The Morgan fingerprint density at radius 1 is 1.61 bits per heavy atom. The lowest BCUT2D eigenvalue weighted by Crippen LogP contribution is -2.39. The number of nitrogens with one attached hydrogen (secondary N) is 1. The van der Waals surface area contributed by atoms with Gasteiger partial charge in [0.05, 0.1) is 19.3 Å². The number of methoxy groups -OCH3 is 1. The van der Waals surface area contributed by atoms with Gasteiger partial charge in [0.1, 0.15) is 5.75 Å². The van der Waals surface area contributed by atoms with Crippen molar-refractivity contribution in [1.82, 2.24) is 5.32 Å². The quantitative estimate of drug-likeness (QED) is 0.825. The Labute approximate surface area is 107 Å². The van der Waals surface area contributed by atoms with Crippen molar-refractivity contribution in [2.24, 2.45) is 0 Å². The average Bonchev–Trinajstić information content (AvgIpc) is 2.86. The van der Waals surface area contributed by atoms with Gasteiger partial charge in [0, 0.05) is 12.2 Å². The molecule has 0 aliphatic carbocycles. The molecule has 96 valence electrons. The highest BCUT2D eigenvalue weighted by Gasteiger charge is 2.27. The molecule has 1 heterocycles. The Kier molecular flexibility index (Phi) is 3.99. The number of benzene rings is 1. The molecule has 0 spiro atoms. The first-order valence-corrected chi connectivity index (χ1v) is 5.93. The highest BCUT2D eigenvalue weighted by molar-refractivity contribution is 5.94. The highest BCUT2D eigenvalue weighted by Crippen LogP contribution is 2.16. The smallest absolute Gasteiger partial charge is 0.251 e. The third-order valence-electron chi connectivity index (χ3n) is 3.02. The molecule has 4 heteroatoms. The van der Waals surface area contributed by atoms with Crippen molar-refractivity contribution >= 4 is 5.91 Å². The monoisotopic (exact) mass is 247 g/mol. The molecule has 1 N–H and O–H groups in total. The Hall–Kier alpha value is -1.81. The summed E-state index contributed by atoms with van der Waals surface area (Å²) >= 11 is 0. The molecule has 1 amide bonds. The van der Waals surface area contributed by atoms with E-state index in [9.17, 15) is 4.79 Å². The van der Waals surface area contributed by atoms with Crippen LogP contribution in [0, 0.1) is 0 Å². The van der Waals surface area contributed by atoms with E-state index in [0.29, 0.717) is 17.9 Å². The van der Waals surface area contributed by atoms with E-state index < -0.39 is 0 Å². The van der Waals surface area contributed by atoms with Crippen LogP contribution in [0.1, 0.15) is 16.8 Å². The van der Waals surface area contributed by atoms with Crippen LogP contribution < -0.4 is 10.1 Å². The summed E-state index contributed by atoms with van der Waals surface area (Å²) in [4.78, 5) is 12.1. The van der Waals surface area contributed by atoms with Crippen LogP contribution in [-0.4, -0.2) is 31.8 Å². The minimum atomic E-state index is -0.115. The minimum absolute atomic E-state index is 0.00111. The second kappa shape index (κ2) is 5.69. The van der Waals surface area contributed by atoms with Crippen LogP contribution in [0.3, 0.4) is 0 Å². The molecule has 2 atom stereocenters. The summed E-state index contributed by atoms with van der Waals surface area (Å²) in [5.41, 5.74) is 0.587. The van der Waals surface area contributed by atoms with Crippen molar-refractivity contribution in [3.05, 3.63) is 42.5 Å². The molecular weight excluding hydrogens is 230 g/mol. The maximum Gasteiger partial charge on any atom is 0.251 e. The zero-order chi connectivity index (χ0) is 13.0. The first kappa shape index (κ1) is 12.6. The number of amides is 1. The van der Waals surface area contributed by atoms with Crippen LogP contribution in [0.25, 0.3) is 0 Å². The molecule has 1 saturated heterocycles. The van der Waals surface area contributed by atoms with Crippen LogP contribution in [0.4, 0.5) is 0 Å². The predicted octanol–water partition coefficient (Wildman–Crippen LogP) is 1.77. The van der Waals surface area contributed by atoms with Crippen LogP contribution in [0.2, 0.25) is 0 Å². The normalized spacial score (nSPS) is 22.5. The molecule has 2 rings (SSSR count). The number of hydrogen-bond acceptors (Lipinski definition) is 3. The molecule has 0 aromatic heterocycles. The molecule has 0 radical (unpaired) electrons. The number of carbonyl (C=O) groups excluding carboxylic acids is 1. The fourth-order valence-corrected chi connectivity index (χ4v) is 2.01. The first-order valence-electron chi connectivity index (χ1n) is 5.93. The number of rotatable bonds is 4. The zero-order valence-corrected chi connectivity index (χ0v) is 10.4.